The normalized spacial score (nSPS) is 21.1. The molecular formula is C23H34N4O4S. The van der Waals surface area contributed by atoms with Gasteiger partial charge in [-0.3, -0.25) is 9.59 Å². The van der Waals surface area contributed by atoms with E-state index in [1.807, 2.05) is 11.9 Å². The predicted octanol–water partition coefficient (Wildman–Crippen LogP) is 1.55. The van der Waals surface area contributed by atoms with Crippen LogP contribution in [0.4, 0.5) is 5.69 Å². The van der Waals surface area contributed by atoms with Gasteiger partial charge in [0, 0.05) is 64.3 Å². The molecule has 8 nitrogen and oxygen atoms in total. The van der Waals surface area contributed by atoms with E-state index in [9.17, 15) is 18.0 Å². The van der Waals surface area contributed by atoms with Crippen LogP contribution in [0.25, 0.3) is 0 Å². The first-order valence-electron chi connectivity index (χ1n) is 11.7. The van der Waals surface area contributed by atoms with Gasteiger partial charge in [0.15, 0.2) is 0 Å². The Hall–Kier alpha value is -1.97. The Morgan fingerprint density at radius 3 is 2.28 bits per heavy atom. The number of piperidine rings is 1. The van der Waals surface area contributed by atoms with Gasteiger partial charge in [0.05, 0.1) is 4.90 Å². The van der Waals surface area contributed by atoms with Gasteiger partial charge in [0.2, 0.25) is 21.8 Å². The number of carbonyl (C=O) groups is 2. The maximum absolute atomic E-state index is 13.0. The Balaban J connectivity index is 1.38. The van der Waals surface area contributed by atoms with Crippen LogP contribution in [0, 0.1) is 5.92 Å². The number of fused-ring (bicyclic) bond motifs is 1. The van der Waals surface area contributed by atoms with Crippen molar-refractivity contribution in [2.75, 3.05) is 57.8 Å². The zero-order chi connectivity index (χ0) is 22.9. The van der Waals surface area contributed by atoms with Crippen molar-refractivity contribution in [3.8, 4) is 0 Å². The van der Waals surface area contributed by atoms with Crippen molar-refractivity contribution in [3.05, 3.63) is 23.8 Å². The lowest BCUT2D eigenvalue weighted by atomic mass is 9.99. The summed E-state index contributed by atoms with van der Waals surface area (Å²) in [5, 5.41) is 0. The highest BCUT2D eigenvalue weighted by Gasteiger charge is 2.31. The van der Waals surface area contributed by atoms with E-state index >= 15 is 0 Å². The summed E-state index contributed by atoms with van der Waals surface area (Å²) in [6.07, 6.45) is 3.10. The van der Waals surface area contributed by atoms with Crippen LogP contribution in [-0.4, -0.2) is 87.2 Å². The molecule has 0 unspecified atom stereocenters. The molecule has 3 aliphatic rings. The minimum Gasteiger partial charge on any atom is -0.343 e. The SMILES string of the molecule is CC1CCN(C(=O)CCC(=O)N2CCc3cc(S(=O)(=O)N4CCN(C)CC4)ccc32)CC1. The number of hydrogen-bond donors (Lipinski definition) is 0. The lowest BCUT2D eigenvalue weighted by Crippen LogP contribution is -2.47. The summed E-state index contributed by atoms with van der Waals surface area (Å²) in [5.74, 6) is 0.641. The molecule has 4 rings (SSSR count). The smallest absolute Gasteiger partial charge is 0.243 e. The van der Waals surface area contributed by atoms with Gasteiger partial charge >= 0.3 is 0 Å². The average molecular weight is 463 g/mol. The maximum atomic E-state index is 13.0. The zero-order valence-electron chi connectivity index (χ0n) is 19.1. The highest BCUT2D eigenvalue weighted by atomic mass is 32.2. The Morgan fingerprint density at radius 1 is 0.938 bits per heavy atom. The van der Waals surface area contributed by atoms with Crippen molar-refractivity contribution in [2.24, 2.45) is 5.92 Å². The van der Waals surface area contributed by atoms with E-state index in [0.717, 1.165) is 50.3 Å². The quantitative estimate of drug-likeness (QED) is 0.663. The molecule has 3 heterocycles. The van der Waals surface area contributed by atoms with Crippen molar-refractivity contribution in [3.63, 3.8) is 0 Å². The molecule has 0 spiro atoms. The average Bonchev–Trinajstić information content (AvgIpc) is 3.21. The lowest BCUT2D eigenvalue weighted by Gasteiger charge is -2.31. The number of likely N-dealkylation sites (tertiary alicyclic amines) is 1. The van der Waals surface area contributed by atoms with Gasteiger partial charge < -0.3 is 14.7 Å². The number of benzene rings is 1. The van der Waals surface area contributed by atoms with Crippen LogP contribution in [-0.2, 0) is 26.0 Å². The summed E-state index contributed by atoms with van der Waals surface area (Å²) in [4.78, 5) is 31.3. The maximum Gasteiger partial charge on any atom is 0.243 e. The Bertz CT molecular complexity index is 964. The summed E-state index contributed by atoms with van der Waals surface area (Å²) in [7, 11) is -1.54. The number of carbonyl (C=O) groups excluding carboxylic acids is 2. The van der Waals surface area contributed by atoms with E-state index in [4.69, 9.17) is 0 Å². The number of anilines is 1. The molecule has 0 bridgehead atoms. The summed E-state index contributed by atoms with van der Waals surface area (Å²) in [6, 6.07) is 5.07. The number of sulfonamides is 1. The molecule has 0 radical (unpaired) electrons. The van der Waals surface area contributed by atoms with Crippen molar-refractivity contribution in [1.82, 2.24) is 14.1 Å². The molecule has 0 saturated carbocycles. The van der Waals surface area contributed by atoms with E-state index < -0.39 is 10.0 Å². The van der Waals surface area contributed by atoms with E-state index in [2.05, 4.69) is 11.8 Å². The van der Waals surface area contributed by atoms with Gasteiger partial charge in [-0.1, -0.05) is 6.92 Å². The third kappa shape index (κ3) is 4.84. The van der Waals surface area contributed by atoms with Gasteiger partial charge in [0.25, 0.3) is 0 Å². The van der Waals surface area contributed by atoms with Gasteiger partial charge in [0.1, 0.15) is 0 Å². The van der Waals surface area contributed by atoms with Gasteiger partial charge in [-0.15, -0.1) is 0 Å². The van der Waals surface area contributed by atoms with Crippen molar-refractivity contribution in [1.29, 1.82) is 0 Å². The van der Waals surface area contributed by atoms with Crippen molar-refractivity contribution in [2.45, 2.75) is 43.9 Å². The lowest BCUT2D eigenvalue weighted by molar-refractivity contribution is -0.134. The number of piperazine rings is 1. The largest absolute Gasteiger partial charge is 0.343 e. The second-order valence-electron chi connectivity index (χ2n) is 9.36. The molecule has 2 saturated heterocycles. The first-order valence-corrected chi connectivity index (χ1v) is 13.1. The first kappa shape index (κ1) is 23.2. The molecule has 9 heteroatoms. The van der Waals surface area contributed by atoms with Crippen LogP contribution in [0.5, 0.6) is 0 Å². The summed E-state index contributed by atoms with van der Waals surface area (Å²) in [5.41, 5.74) is 1.65. The minimum absolute atomic E-state index is 0.0540. The van der Waals surface area contributed by atoms with Crippen molar-refractivity contribution < 1.29 is 18.0 Å². The highest BCUT2D eigenvalue weighted by molar-refractivity contribution is 7.89. The standard InChI is InChI=1S/C23H34N4O4S/c1-18-7-10-25(11-8-18)22(28)5-6-23(29)27-12-9-19-17-20(3-4-21(19)27)32(30,31)26-15-13-24(2)14-16-26/h3-4,17-18H,5-16H2,1-2H3. The van der Waals surface area contributed by atoms with E-state index in [1.165, 1.54) is 0 Å². The summed E-state index contributed by atoms with van der Waals surface area (Å²) < 4.78 is 27.6. The first-order chi connectivity index (χ1) is 15.3. The van der Waals surface area contributed by atoms with Crippen LogP contribution in [0.3, 0.4) is 0 Å². The second-order valence-corrected chi connectivity index (χ2v) is 11.3. The number of hydrogen-bond acceptors (Lipinski definition) is 5. The van der Waals surface area contributed by atoms with Gasteiger partial charge in [-0.05, 0) is 56.0 Å². The predicted molar refractivity (Wildman–Crippen MR) is 123 cm³/mol. The summed E-state index contributed by atoms with van der Waals surface area (Å²) in [6.45, 7) is 6.73. The fourth-order valence-corrected chi connectivity index (χ4v) is 6.21. The molecule has 0 atom stereocenters. The Labute approximate surface area is 191 Å². The third-order valence-corrected chi connectivity index (χ3v) is 8.93. The molecule has 0 N–H and O–H groups in total. The van der Waals surface area contributed by atoms with E-state index in [0.29, 0.717) is 36.9 Å². The third-order valence-electron chi connectivity index (χ3n) is 7.04. The van der Waals surface area contributed by atoms with Crippen LogP contribution < -0.4 is 4.90 Å². The molecule has 3 aliphatic heterocycles. The number of nitrogens with zero attached hydrogens (tertiary/aromatic N) is 4. The molecular weight excluding hydrogens is 428 g/mol. The van der Waals surface area contributed by atoms with Crippen molar-refractivity contribution >= 4 is 27.5 Å². The second kappa shape index (κ2) is 9.49. The van der Waals surface area contributed by atoms with E-state index in [-0.39, 0.29) is 24.7 Å². The zero-order valence-corrected chi connectivity index (χ0v) is 19.9. The number of rotatable bonds is 5. The summed E-state index contributed by atoms with van der Waals surface area (Å²) >= 11 is 0. The monoisotopic (exact) mass is 462 g/mol. The topological polar surface area (TPSA) is 81.2 Å². The Kier molecular flexibility index (Phi) is 6.88. The highest BCUT2D eigenvalue weighted by Crippen LogP contribution is 2.32. The Morgan fingerprint density at radius 2 is 1.59 bits per heavy atom. The van der Waals surface area contributed by atoms with Crippen LogP contribution in [0.15, 0.2) is 23.1 Å². The molecule has 2 amide bonds. The van der Waals surface area contributed by atoms with Crippen LogP contribution >= 0.6 is 0 Å². The number of amides is 2. The molecule has 0 aliphatic carbocycles. The molecule has 176 valence electrons. The molecule has 1 aromatic rings. The molecule has 32 heavy (non-hydrogen) atoms. The molecule has 0 aromatic heterocycles. The fourth-order valence-electron chi connectivity index (χ4n) is 4.74. The van der Waals surface area contributed by atoms with Gasteiger partial charge in [-0.25, -0.2) is 8.42 Å². The van der Waals surface area contributed by atoms with E-state index in [1.54, 1.807) is 27.4 Å². The van der Waals surface area contributed by atoms with Crippen LogP contribution in [0.1, 0.15) is 38.2 Å². The molecule has 2 fully saturated rings. The molecule has 1 aromatic carbocycles. The van der Waals surface area contributed by atoms with Gasteiger partial charge in [-0.2, -0.15) is 4.31 Å². The minimum atomic E-state index is -3.53. The number of likely N-dealkylation sites (N-methyl/N-ethyl adjacent to an activating group) is 1. The fraction of sp³-hybridized carbons (Fsp3) is 0.652. The van der Waals surface area contributed by atoms with Crippen LogP contribution in [0.2, 0.25) is 0 Å².